The Morgan fingerprint density at radius 2 is 2.40 bits per heavy atom. The molecular weight excluding hydrogens is 194 g/mol. The zero-order valence-corrected chi connectivity index (χ0v) is 8.49. The van der Waals surface area contributed by atoms with Gasteiger partial charge in [0.05, 0.1) is 0 Å². The number of hydrogen-bond acceptors (Lipinski definition) is 3. The topological polar surface area (TPSA) is 74.8 Å². The minimum atomic E-state index is -0.303. The molecule has 0 aromatic carbocycles. The summed E-state index contributed by atoms with van der Waals surface area (Å²) in [5.74, 6) is 1.09. The lowest BCUT2D eigenvalue weighted by Crippen LogP contribution is -2.27. The number of hydrogen-bond donors (Lipinski definition) is 2. The van der Waals surface area contributed by atoms with Crippen LogP contribution in [0.15, 0.2) is 16.9 Å². The predicted octanol–water partition coefficient (Wildman–Crippen LogP) is 0.156. The van der Waals surface area contributed by atoms with Crippen molar-refractivity contribution in [2.75, 3.05) is 6.54 Å². The van der Waals surface area contributed by atoms with Gasteiger partial charge in [0.15, 0.2) is 0 Å². The van der Waals surface area contributed by atoms with Crippen LogP contribution >= 0.6 is 0 Å². The van der Waals surface area contributed by atoms with Crippen LogP contribution in [0.25, 0.3) is 0 Å². The number of aromatic nitrogens is 2. The third kappa shape index (κ3) is 2.43. The molecule has 15 heavy (non-hydrogen) atoms. The number of aromatic amines is 1. The third-order valence-electron chi connectivity index (χ3n) is 2.71. The normalized spacial score (nSPS) is 23.5. The second kappa shape index (κ2) is 3.84. The van der Waals surface area contributed by atoms with Gasteiger partial charge in [-0.25, -0.2) is 5.10 Å². The fourth-order valence-electron chi connectivity index (χ4n) is 1.47. The molecule has 1 aliphatic carbocycles. The standard InChI is InChI=1S/C10H13N3O2/c1-6-4-7(6)5-11-10(15)8-2-3-9(14)13-12-8/h2-3,6-7H,4-5H2,1H3,(H,11,15)(H,13,14). The molecule has 2 unspecified atom stereocenters. The van der Waals surface area contributed by atoms with Crippen LogP contribution < -0.4 is 10.9 Å². The van der Waals surface area contributed by atoms with Crippen LogP contribution in [0.3, 0.4) is 0 Å². The zero-order chi connectivity index (χ0) is 10.8. The molecule has 1 saturated carbocycles. The molecule has 1 fully saturated rings. The lowest BCUT2D eigenvalue weighted by molar-refractivity contribution is 0.0945. The number of nitrogens with zero attached hydrogens (tertiary/aromatic N) is 1. The third-order valence-corrected chi connectivity index (χ3v) is 2.71. The maximum atomic E-state index is 11.5. The summed E-state index contributed by atoms with van der Waals surface area (Å²) in [5, 5.41) is 8.66. The van der Waals surface area contributed by atoms with Crippen LogP contribution in [0.1, 0.15) is 23.8 Å². The fourth-order valence-corrected chi connectivity index (χ4v) is 1.47. The highest BCUT2D eigenvalue weighted by Crippen LogP contribution is 2.36. The monoisotopic (exact) mass is 207 g/mol. The molecule has 0 aliphatic heterocycles. The average Bonchev–Trinajstić information content (AvgIpc) is 2.92. The van der Waals surface area contributed by atoms with Gasteiger partial charge in [0.1, 0.15) is 5.69 Å². The minimum absolute atomic E-state index is 0.231. The molecule has 5 heteroatoms. The second-order valence-electron chi connectivity index (χ2n) is 3.99. The van der Waals surface area contributed by atoms with Crippen molar-refractivity contribution >= 4 is 5.91 Å². The van der Waals surface area contributed by atoms with E-state index in [0.717, 1.165) is 0 Å². The van der Waals surface area contributed by atoms with Gasteiger partial charge >= 0.3 is 0 Å². The maximum absolute atomic E-state index is 11.5. The molecule has 1 heterocycles. The second-order valence-corrected chi connectivity index (χ2v) is 3.99. The Bertz CT molecular complexity index is 406. The van der Waals surface area contributed by atoms with E-state index in [0.29, 0.717) is 18.4 Å². The van der Waals surface area contributed by atoms with Crippen molar-refractivity contribution in [2.45, 2.75) is 13.3 Å². The van der Waals surface area contributed by atoms with Gasteiger partial charge < -0.3 is 5.32 Å². The van der Waals surface area contributed by atoms with Gasteiger partial charge in [0.2, 0.25) is 0 Å². The number of carbonyl (C=O) groups excluding carboxylic acids is 1. The largest absolute Gasteiger partial charge is 0.350 e. The van der Waals surface area contributed by atoms with Crippen LogP contribution in [-0.2, 0) is 0 Å². The predicted molar refractivity (Wildman–Crippen MR) is 54.5 cm³/mol. The molecule has 5 nitrogen and oxygen atoms in total. The minimum Gasteiger partial charge on any atom is -0.350 e. The number of amides is 1. The summed E-state index contributed by atoms with van der Waals surface area (Å²) in [6, 6.07) is 2.71. The molecule has 1 aliphatic rings. The molecule has 0 saturated heterocycles. The van der Waals surface area contributed by atoms with Crippen LogP contribution in [0, 0.1) is 11.8 Å². The Labute approximate surface area is 86.9 Å². The van der Waals surface area contributed by atoms with Crippen molar-refractivity contribution in [1.82, 2.24) is 15.5 Å². The molecule has 2 atom stereocenters. The first kappa shape index (κ1) is 9.89. The summed E-state index contributed by atoms with van der Waals surface area (Å²) in [6.07, 6.45) is 1.18. The van der Waals surface area contributed by atoms with Gasteiger partial charge in [-0.05, 0) is 24.3 Å². The molecule has 2 rings (SSSR count). The highest BCUT2D eigenvalue weighted by Gasteiger charge is 2.32. The van der Waals surface area contributed by atoms with Crippen LogP contribution in [0.5, 0.6) is 0 Å². The molecule has 1 amide bonds. The van der Waals surface area contributed by atoms with Crippen molar-refractivity contribution in [3.63, 3.8) is 0 Å². The van der Waals surface area contributed by atoms with Crippen molar-refractivity contribution in [2.24, 2.45) is 11.8 Å². The number of carbonyl (C=O) groups is 1. The van der Waals surface area contributed by atoms with Gasteiger partial charge in [0.25, 0.3) is 11.5 Å². The van der Waals surface area contributed by atoms with Crippen LogP contribution in [0.2, 0.25) is 0 Å². The molecular formula is C10H13N3O2. The summed E-state index contributed by atoms with van der Waals surface area (Å²) in [6.45, 7) is 2.86. The Balaban J connectivity index is 1.90. The molecule has 1 aromatic heterocycles. The van der Waals surface area contributed by atoms with E-state index in [9.17, 15) is 9.59 Å². The first-order valence-electron chi connectivity index (χ1n) is 5.01. The molecule has 0 spiro atoms. The fraction of sp³-hybridized carbons (Fsp3) is 0.500. The van der Waals surface area contributed by atoms with Gasteiger partial charge in [-0.2, -0.15) is 5.10 Å². The summed E-state index contributed by atoms with van der Waals surface area (Å²) >= 11 is 0. The molecule has 0 bridgehead atoms. The quantitative estimate of drug-likeness (QED) is 0.741. The van der Waals surface area contributed by atoms with Gasteiger partial charge in [0, 0.05) is 12.6 Å². The summed E-state index contributed by atoms with van der Waals surface area (Å²) in [4.78, 5) is 22.2. The van der Waals surface area contributed by atoms with Crippen molar-refractivity contribution in [3.05, 3.63) is 28.2 Å². The smallest absolute Gasteiger partial charge is 0.271 e. The maximum Gasteiger partial charge on any atom is 0.271 e. The molecule has 0 radical (unpaired) electrons. The van der Waals surface area contributed by atoms with E-state index in [1.165, 1.54) is 18.6 Å². The molecule has 80 valence electrons. The van der Waals surface area contributed by atoms with E-state index in [4.69, 9.17) is 0 Å². The summed E-state index contributed by atoms with van der Waals surface area (Å²) in [7, 11) is 0. The Kier molecular flexibility index (Phi) is 2.53. The highest BCUT2D eigenvalue weighted by molar-refractivity contribution is 5.91. The lowest BCUT2D eigenvalue weighted by atomic mass is 10.3. The number of rotatable bonds is 3. The van der Waals surface area contributed by atoms with Crippen LogP contribution in [-0.4, -0.2) is 22.6 Å². The first-order chi connectivity index (χ1) is 7.16. The zero-order valence-electron chi connectivity index (χ0n) is 8.49. The van der Waals surface area contributed by atoms with Gasteiger partial charge in [-0.15, -0.1) is 0 Å². The van der Waals surface area contributed by atoms with Crippen molar-refractivity contribution < 1.29 is 4.79 Å². The SMILES string of the molecule is CC1CC1CNC(=O)c1ccc(=O)[nH]n1. The average molecular weight is 207 g/mol. The van der Waals surface area contributed by atoms with E-state index in [1.54, 1.807) is 0 Å². The summed E-state index contributed by atoms with van der Waals surface area (Å²) < 4.78 is 0. The number of H-pyrrole nitrogens is 1. The van der Waals surface area contributed by atoms with E-state index in [1.807, 2.05) is 0 Å². The van der Waals surface area contributed by atoms with E-state index < -0.39 is 0 Å². The lowest BCUT2D eigenvalue weighted by Gasteiger charge is -2.02. The Morgan fingerprint density at radius 1 is 1.67 bits per heavy atom. The van der Waals surface area contributed by atoms with Crippen LogP contribution in [0.4, 0.5) is 0 Å². The summed E-state index contributed by atoms with van der Waals surface area (Å²) in [5.41, 5.74) is -0.0507. The van der Waals surface area contributed by atoms with E-state index >= 15 is 0 Å². The highest BCUT2D eigenvalue weighted by atomic mass is 16.2. The Morgan fingerprint density at radius 3 is 2.93 bits per heavy atom. The molecule has 1 aromatic rings. The van der Waals surface area contributed by atoms with Crippen molar-refractivity contribution in [1.29, 1.82) is 0 Å². The van der Waals surface area contributed by atoms with Crippen molar-refractivity contribution in [3.8, 4) is 0 Å². The van der Waals surface area contributed by atoms with Gasteiger partial charge in [-0.3, -0.25) is 9.59 Å². The number of nitrogens with one attached hydrogen (secondary N) is 2. The van der Waals surface area contributed by atoms with E-state index in [2.05, 4.69) is 22.4 Å². The first-order valence-corrected chi connectivity index (χ1v) is 5.01. The van der Waals surface area contributed by atoms with E-state index in [-0.39, 0.29) is 17.2 Å². The molecule has 2 N–H and O–H groups in total. The Hall–Kier alpha value is -1.65. The van der Waals surface area contributed by atoms with Gasteiger partial charge in [-0.1, -0.05) is 6.92 Å².